The summed E-state index contributed by atoms with van der Waals surface area (Å²) in [5.74, 6) is -1.88. The predicted octanol–water partition coefficient (Wildman–Crippen LogP) is 4.00. The lowest BCUT2D eigenvalue weighted by atomic mass is 10.2. The zero-order valence-electron chi connectivity index (χ0n) is 12.5. The van der Waals surface area contributed by atoms with Crippen LogP contribution in [0, 0.1) is 0 Å². The number of amides is 2. The SMILES string of the molecule is CSc1cccc(NC(=O)C(=O)Nc2ccc(C(F)(F)F)cc2)c1. The Morgan fingerprint density at radius 1 is 0.917 bits per heavy atom. The van der Waals surface area contributed by atoms with Crippen LogP contribution in [0.5, 0.6) is 0 Å². The van der Waals surface area contributed by atoms with E-state index in [4.69, 9.17) is 0 Å². The minimum atomic E-state index is -4.46. The number of benzene rings is 2. The third-order valence-corrected chi connectivity index (χ3v) is 3.73. The van der Waals surface area contributed by atoms with E-state index in [2.05, 4.69) is 10.6 Å². The standard InChI is InChI=1S/C16H13F3N2O2S/c1-24-13-4-2-3-12(9-13)21-15(23)14(22)20-11-7-5-10(6-8-11)16(17,18)19/h2-9H,1H3,(H,20,22)(H,21,23). The van der Waals surface area contributed by atoms with Crippen LogP contribution in [0.2, 0.25) is 0 Å². The van der Waals surface area contributed by atoms with Gasteiger partial charge in [-0.15, -0.1) is 11.8 Å². The number of nitrogens with one attached hydrogen (secondary N) is 2. The van der Waals surface area contributed by atoms with Crippen LogP contribution >= 0.6 is 11.8 Å². The van der Waals surface area contributed by atoms with Crippen LogP contribution < -0.4 is 10.6 Å². The molecule has 0 saturated carbocycles. The molecule has 126 valence electrons. The van der Waals surface area contributed by atoms with E-state index in [1.54, 1.807) is 18.2 Å². The first-order valence-electron chi connectivity index (χ1n) is 6.73. The van der Waals surface area contributed by atoms with Gasteiger partial charge in [0.05, 0.1) is 5.56 Å². The largest absolute Gasteiger partial charge is 0.416 e. The third kappa shape index (κ3) is 4.76. The van der Waals surface area contributed by atoms with Crippen molar-refractivity contribution in [3.8, 4) is 0 Å². The molecule has 2 aromatic rings. The average Bonchev–Trinajstić information content (AvgIpc) is 2.54. The van der Waals surface area contributed by atoms with Gasteiger partial charge in [-0.25, -0.2) is 0 Å². The van der Waals surface area contributed by atoms with Gasteiger partial charge < -0.3 is 10.6 Å². The number of hydrogen-bond donors (Lipinski definition) is 2. The maximum absolute atomic E-state index is 12.5. The molecule has 4 nitrogen and oxygen atoms in total. The third-order valence-electron chi connectivity index (χ3n) is 3.00. The Morgan fingerprint density at radius 2 is 1.50 bits per heavy atom. The Balaban J connectivity index is 1.99. The molecular weight excluding hydrogens is 341 g/mol. The van der Waals surface area contributed by atoms with Crippen LogP contribution in [0.25, 0.3) is 0 Å². The quantitative estimate of drug-likeness (QED) is 0.647. The van der Waals surface area contributed by atoms with Crippen LogP contribution in [-0.2, 0) is 15.8 Å². The summed E-state index contributed by atoms with van der Waals surface area (Å²) in [5, 5.41) is 4.67. The first kappa shape index (κ1) is 17.9. The number of thioether (sulfide) groups is 1. The molecule has 0 aliphatic carbocycles. The molecule has 8 heteroatoms. The molecule has 0 saturated heterocycles. The molecule has 0 aliphatic rings. The predicted molar refractivity (Wildman–Crippen MR) is 86.9 cm³/mol. The zero-order valence-corrected chi connectivity index (χ0v) is 13.3. The van der Waals surface area contributed by atoms with Gasteiger partial charge >= 0.3 is 18.0 Å². The van der Waals surface area contributed by atoms with Crippen LogP contribution in [-0.4, -0.2) is 18.1 Å². The van der Waals surface area contributed by atoms with E-state index in [0.717, 1.165) is 29.2 Å². The maximum atomic E-state index is 12.5. The fraction of sp³-hybridized carbons (Fsp3) is 0.125. The molecule has 24 heavy (non-hydrogen) atoms. The highest BCUT2D eigenvalue weighted by molar-refractivity contribution is 7.98. The molecule has 0 bridgehead atoms. The molecule has 0 atom stereocenters. The Kier molecular flexibility index (Phi) is 5.50. The van der Waals surface area contributed by atoms with Crippen molar-refractivity contribution in [3.63, 3.8) is 0 Å². The summed E-state index contributed by atoms with van der Waals surface area (Å²) >= 11 is 1.48. The van der Waals surface area contributed by atoms with E-state index < -0.39 is 23.6 Å². The molecule has 0 fully saturated rings. The molecule has 0 spiro atoms. The molecule has 0 heterocycles. The number of rotatable bonds is 3. The second kappa shape index (κ2) is 7.39. The molecular formula is C16H13F3N2O2S. The van der Waals surface area contributed by atoms with Crippen LogP contribution in [0.3, 0.4) is 0 Å². The fourth-order valence-corrected chi connectivity index (χ4v) is 2.28. The first-order chi connectivity index (χ1) is 11.3. The summed E-state index contributed by atoms with van der Waals surface area (Å²) in [7, 11) is 0. The van der Waals surface area contributed by atoms with E-state index in [0.29, 0.717) is 5.69 Å². The summed E-state index contributed by atoms with van der Waals surface area (Å²) in [4.78, 5) is 24.5. The van der Waals surface area contributed by atoms with Crippen molar-refractivity contribution in [2.75, 3.05) is 16.9 Å². The van der Waals surface area contributed by atoms with Crippen molar-refractivity contribution in [2.45, 2.75) is 11.1 Å². The molecule has 2 rings (SSSR count). The number of alkyl halides is 3. The first-order valence-corrected chi connectivity index (χ1v) is 7.96. The van der Waals surface area contributed by atoms with Gasteiger partial charge in [0.25, 0.3) is 0 Å². The highest BCUT2D eigenvalue weighted by atomic mass is 32.2. The zero-order chi connectivity index (χ0) is 17.7. The maximum Gasteiger partial charge on any atom is 0.416 e. The molecule has 2 N–H and O–H groups in total. The summed E-state index contributed by atoms with van der Waals surface area (Å²) in [6, 6.07) is 10.7. The van der Waals surface area contributed by atoms with Crippen molar-refractivity contribution in [2.24, 2.45) is 0 Å². The van der Waals surface area contributed by atoms with Gasteiger partial charge in [0.1, 0.15) is 0 Å². The van der Waals surface area contributed by atoms with E-state index in [9.17, 15) is 22.8 Å². The summed E-state index contributed by atoms with van der Waals surface area (Å²) in [5.41, 5.74) is -0.283. The topological polar surface area (TPSA) is 58.2 Å². The summed E-state index contributed by atoms with van der Waals surface area (Å²) in [6.45, 7) is 0. The molecule has 0 unspecified atom stereocenters. The Hall–Kier alpha value is -2.48. The number of carbonyl (C=O) groups excluding carboxylic acids is 2. The minimum Gasteiger partial charge on any atom is -0.318 e. The summed E-state index contributed by atoms with van der Waals surface area (Å²) < 4.78 is 37.4. The Labute approximate surface area is 140 Å². The van der Waals surface area contributed by atoms with Gasteiger partial charge in [0.2, 0.25) is 0 Å². The van der Waals surface area contributed by atoms with Gasteiger partial charge in [-0.2, -0.15) is 13.2 Å². The lowest BCUT2D eigenvalue weighted by Crippen LogP contribution is -2.29. The minimum absolute atomic E-state index is 0.0982. The highest BCUT2D eigenvalue weighted by Crippen LogP contribution is 2.29. The van der Waals surface area contributed by atoms with Crippen molar-refractivity contribution < 1.29 is 22.8 Å². The summed E-state index contributed by atoms with van der Waals surface area (Å²) in [6.07, 6.45) is -2.58. The Morgan fingerprint density at radius 3 is 2.04 bits per heavy atom. The van der Waals surface area contributed by atoms with E-state index in [1.807, 2.05) is 12.3 Å². The van der Waals surface area contributed by atoms with Gasteiger partial charge in [-0.05, 0) is 48.7 Å². The van der Waals surface area contributed by atoms with Crippen molar-refractivity contribution >= 4 is 35.0 Å². The highest BCUT2D eigenvalue weighted by Gasteiger charge is 2.30. The van der Waals surface area contributed by atoms with E-state index in [-0.39, 0.29) is 5.69 Å². The van der Waals surface area contributed by atoms with Crippen molar-refractivity contribution in [1.29, 1.82) is 0 Å². The molecule has 2 amide bonds. The monoisotopic (exact) mass is 354 g/mol. The van der Waals surface area contributed by atoms with Crippen LogP contribution in [0.1, 0.15) is 5.56 Å². The van der Waals surface area contributed by atoms with E-state index >= 15 is 0 Å². The lowest BCUT2D eigenvalue weighted by Gasteiger charge is -2.09. The van der Waals surface area contributed by atoms with Gasteiger partial charge in [-0.3, -0.25) is 9.59 Å². The van der Waals surface area contributed by atoms with Gasteiger partial charge in [0, 0.05) is 16.3 Å². The van der Waals surface area contributed by atoms with Crippen molar-refractivity contribution in [3.05, 3.63) is 54.1 Å². The van der Waals surface area contributed by atoms with Gasteiger partial charge in [-0.1, -0.05) is 6.07 Å². The molecule has 0 aliphatic heterocycles. The lowest BCUT2D eigenvalue weighted by molar-refractivity contribution is -0.137. The number of anilines is 2. The smallest absolute Gasteiger partial charge is 0.318 e. The second-order valence-corrected chi connectivity index (χ2v) is 5.59. The number of hydrogen-bond acceptors (Lipinski definition) is 3. The van der Waals surface area contributed by atoms with E-state index in [1.165, 1.54) is 11.8 Å². The average molecular weight is 354 g/mol. The van der Waals surface area contributed by atoms with Crippen LogP contribution in [0.15, 0.2) is 53.4 Å². The van der Waals surface area contributed by atoms with Gasteiger partial charge in [0.15, 0.2) is 0 Å². The molecule has 0 aromatic heterocycles. The van der Waals surface area contributed by atoms with Crippen molar-refractivity contribution in [1.82, 2.24) is 0 Å². The number of halogens is 3. The van der Waals surface area contributed by atoms with Crippen LogP contribution in [0.4, 0.5) is 24.5 Å². The second-order valence-electron chi connectivity index (χ2n) is 4.72. The Bertz CT molecular complexity index is 746. The molecule has 0 radical (unpaired) electrons. The normalized spacial score (nSPS) is 11.0. The molecule has 2 aromatic carbocycles. The number of carbonyl (C=O) groups is 2. The fourth-order valence-electron chi connectivity index (χ4n) is 1.82.